The molecule has 6 heteroatoms. The molecule has 0 radical (unpaired) electrons. The number of aliphatic hydroxyl groups excluding tert-OH is 2. The van der Waals surface area contributed by atoms with Gasteiger partial charge in [-0.25, -0.2) is 0 Å². The van der Waals surface area contributed by atoms with Gasteiger partial charge in [0.15, 0.2) is 6.10 Å². The summed E-state index contributed by atoms with van der Waals surface area (Å²) in [5.74, 6) is -1.89. The Hall–Kier alpha value is -1.14. The molecule has 6 N–H and O–H groups in total. The summed E-state index contributed by atoms with van der Waals surface area (Å²) in [6, 6.07) is 0. The summed E-state index contributed by atoms with van der Waals surface area (Å²) in [5.41, 5.74) is 9.28. The molecule has 0 spiro atoms. The van der Waals surface area contributed by atoms with E-state index < -0.39 is 30.4 Å². The molecule has 0 aromatic carbocycles. The van der Waals surface area contributed by atoms with Gasteiger partial charge in [0, 0.05) is 0 Å². The highest BCUT2D eigenvalue weighted by atomic mass is 16.3. The molecule has 0 aromatic heterocycles. The van der Waals surface area contributed by atoms with Crippen molar-refractivity contribution in [3.8, 4) is 0 Å². The van der Waals surface area contributed by atoms with Crippen LogP contribution in [0.1, 0.15) is 6.42 Å². The van der Waals surface area contributed by atoms with Crippen LogP contribution >= 0.6 is 0 Å². The van der Waals surface area contributed by atoms with Crippen molar-refractivity contribution in [1.29, 1.82) is 0 Å². The van der Waals surface area contributed by atoms with E-state index in [4.69, 9.17) is 10.2 Å². The van der Waals surface area contributed by atoms with Crippen molar-refractivity contribution in [2.24, 2.45) is 11.5 Å². The number of carbonyl (C=O) groups excluding carboxylic acids is 2. The van der Waals surface area contributed by atoms with E-state index in [0.717, 1.165) is 0 Å². The number of primary amides is 2. The van der Waals surface area contributed by atoms with E-state index in [1.807, 2.05) is 0 Å². The van der Waals surface area contributed by atoms with Crippen LogP contribution in [0.2, 0.25) is 0 Å². The lowest BCUT2D eigenvalue weighted by molar-refractivity contribution is -0.133. The Morgan fingerprint density at radius 3 is 2.00 bits per heavy atom. The Kier molecular flexibility index (Phi) is 3.49. The lowest BCUT2D eigenvalue weighted by atomic mass is 10.1. The van der Waals surface area contributed by atoms with E-state index in [1.54, 1.807) is 0 Å². The third kappa shape index (κ3) is 3.54. The average Bonchev–Trinajstić information content (AvgIpc) is 1.84. The highest BCUT2D eigenvalue weighted by Gasteiger charge is 2.22. The summed E-state index contributed by atoms with van der Waals surface area (Å²) >= 11 is 0. The maximum Gasteiger partial charge on any atom is 0.248 e. The van der Waals surface area contributed by atoms with Gasteiger partial charge in [-0.05, 0) is 0 Å². The molecule has 2 amide bonds. The third-order valence-corrected chi connectivity index (χ3v) is 1.07. The first kappa shape index (κ1) is 9.86. The molecule has 0 unspecified atom stereocenters. The molecule has 0 aliphatic heterocycles. The van der Waals surface area contributed by atoms with Gasteiger partial charge < -0.3 is 21.7 Å². The molecule has 0 heterocycles. The summed E-state index contributed by atoms with van der Waals surface area (Å²) in [6.07, 6.45) is -3.73. The summed E-state index contributed by atoms with van der Waals surface area (Å²) in [6.45, 7) is 0. The lowest BCUT2D eigenvalue weighted by Crippen LogP contribution is -2.40. The van der Waals surface area contributed by atoms with Crippen LogP contribution in [0.3, 0.4) is 0 Å². The van der Waals surface area contributed by atoms with Gasteiger partial charge in [0.2, 0.25) is 11.8 Å². The molecule has 11 heavy (non-hydrogen) atoms. The summed E-state index contributed by atoms with van der Waals surface area (Å²) in [7, 11) is 0. The Labute approximate surface area is 62.8 Å². The fraction of sp³-hybridized carbons (Fsp3) is 0.600. The van der Waals surface area contributed by atoms with Gasteiger partial charge in [0.05, 0.1) is 12.5 Å². The van der Waals surface area contributed by atoms with E-state index in [9.17, 15) is 9.59 Å². The minimum atomic E-state index is -1.73. The number of nitrogens with two attached hydrogens (primary N) is 2. The highest BCUT2D eigenvalue weighted by molar-refractivity contribution is 5.81. The van der Waals surface area contributed by atoms with Crippen LogP contribution in [0.5, 0.6) is 0 Å². The van der Waals surface area contributed by atoms with Crippen LogP contribution < -0.4 is 11.5 Å². The Balaban J connectivity index is 3.92. The predicted molar refractivity (Wildman–Crippen MR) is 35.0 cm³/mol. The van der Waals surface area contributed by atoms with Gasteiger partial charge in [0.1, 0.15) is 0 Å². The van der Waals surface area contributed by atoms with Gasteiger partial charge in [-0.2, -0.15) is 0 Å². The highest BCUT2D eigenvalue weighted by Crippen LogP contribution is 1.96. The van der Waals surface area contributed by atoms with Crippen molar-refractivity contribution in [3.63, 3.8) is 0 Å². The van der Waals surface area contributed by atoms with Crippen LogP contribution in [0, 0.1) is 0 Å². The van der Waals surface area contributed by atoms with E-state index in [2.05, 4.69) is 11.5 Å². The molecule has 64 valence electrons. The summed E-state index contributed by atoms with van der Waals surface area (Å²) in [5, 5.41) is 17.5. The predicted octanol–water partition coefficient (Wildman–Crippen LogP) is -2.93. The van der Waals surface area contributed by atoms with Crippen molar-refractivity contribution < 1.29 is 19.8 Å². The van der Waals surface area contributed by atoms with Crippen molar-refractivity contribution in [2.75, 3.05) is 0 Å². The van der Waals surface area contributed by atoms with Crippen LogP contribution in [-0.2, 0) is 9.59 Å². The first-order valence-electron chi connectivity index (χ1n) is 2.89. The van der Waals surface area contributed by atoms with E-state index in [-0.39, 0.29) is 0 Å². The van der Waals surface area contributed by atoms with Crippen LogP contribution in [0.15, 0.2) is 0 Å². The first-order chi connectivity index (χ1) is 4.95. The topological polar surface area (TPSA) is 127 Å². The number of aliphatic hydroxyl groups is 2. The van der Waals surface area contributed by atoms with Crippen LogP contribution in [-0.4, -0.2) is 34.2 Å². The largest absolute Gasteiger partial charge is 0.389 e. The van der Waals surface area contributed by atoms with Gasteiger partial charge in [-0.1, -0.05) is 0 Å². The quantitative estimate of drug-likeness (QED) is 0.353. The molecule has 0 saturated carbocycles. The molecular formula is C5H10N2O4. The lowest BCUT2D eigenvalue weighted by Gasteiger charge is -2.11. The van der Waals surface area contributed by atoms with Crippen molar-refractivity contribution in [3.05, 3.63) is 0 Å². The minimum Gasteiger partial charge on any atom is -0.389 e. The van der Waals surface area contributed by atoms with Crippen molar-refractivity contribution in [2.45, 2.75) is 18.6 Å². The van der Waals surface area contributed by atoms with E-state index in [1.165, 1.54) is 0 Å². The molecule has 0 aliphatic rings. The molecule has 0 saturated heterocycles. The Morgan fingerprint density at radius 1 is 1.27 bits per heavy atom. The number of hydrogen-bond acceptors (Lipinski definition) is 4. The molecule has 0 rings (SSSR count). The maximum absolute atomic E-state index is 10.2. The number of rotatable bonds is 4. The second kappa shape index (κ2) is 3.89. The molecule has 0 aliphatic carbocycles. The Bertz CT molecular complexity index is 170. The van der Waals surface area contributed by atoms with Crippen molar-refractivity contribution >= 4 is 11.8 Å². The van der Waals surface area contributed by atoms with Crippen molar-refractivity contribution in [1.82, 2.24) is 0 Å². The second-order valence-electron chi connectivity index (χ2n) is 2.08. The monoisotopic (exact) mass is 162 g/mol. The Morgan fingerprint density at radius 2 is 1.73 bits per heavy atom. The van der Waals surface area contributed by atoms with Gasteiger partial charge in [0.25, 0.3) is 0 Å². The molecule has 2 atom stereocenters. The van der Waals surface area contributed by atoms with E-state index in [0.29, 0.717) is 0 Å². The van der Waals surface area contributed by atoms with E-state index >= 15 is 0 Å². The molecule has 0 aromatic rings. The second-order valence-corrected chi connectivity index (χ2v) is 2.08. The van der Waals surface area contributed by atoms with Gasteiger partial charge in [-0.3, -0.25) is 9.59 Å². The smallest absolute Gasteiger partial charge is 0.248 e. The van der Waals surface area contributed by atoms with Crippen LogP contribution in [0.4, 0.5) is 0 Å². The SMILES string of the molecule is NC(=O)C[C@H](O)[C@H](O)C(N)=O. The molecular weight excluding hydrogens is 152 g/mol. The fourth-order valence-corrected chi connectivity index (χ4v) is 0.507. The number of amides is 2. The molecule has 6 nitrogen and oxygen atoms in total. The fourth-order valence-electron chi connectivity index (χ4n) is 0.507. The third-order valence-electron chi connectivity index (χ3n) is 1.07. The summed E-state index contributed by atoms with van der Waals surface area (Å²) < 4.78 is 0. The summed E-state index contributed by atoms with van der Waals surface area (Å²) in [4.78, 5) is 20.3. The first-order valence-corrected chi connectivity index (χ1v) is 2.89. The zero-order valence-electron chi connectivity index (χ0n) is 5.73. The number of carbonyl (C=O) groups is 2. The minimum absolute atomic E-state index is 0.482. The normalized spacial score (nSPS) is 15.5. The zero-order chi connectivity index (χ0) is 9.02. The molecule has 0 fully saturated rings. The van der Waals surface area contributed by atoms with Gasteiger partial charge in [-0.15, -0.1) is 0 Å². The van der Waals surface area contributed by atoms with Crippen LogP contribution in [0.25, 0.3) is 0 Å². The average molecular weight is 162 g/mol. The molecule has 0 bridgehead atoms. The number of hydrogen-bond donors (Lipinski definition) is 4. The maximum atomic E-state index is 10.2. The standard InChI is InChI=1S/C5H10N2O4/c6-3(9)1-2(8)4(10)5(7)11/h2,4,8,10H,1H2,(H2,6,9)(H2,7,11)/t2-,4-/m0/s1. The van der Waals surface area contributed by atoms with Gasteiger partial charge >= 0.3 is 0 Å². The zero-order valence-corrected chi connectivity index (χ0v) is 5.73.